The number of aliphatic hydroxyl groups is 1. The summed E-state index contributed by atoms with van der Waals surface area (Å²) in [6.45, 7) is 7.16. The predicted octanol–water partition coefficient (Wildman–Crippen LogP) is 0.308. The number of hydrogen-bond acceptors (Lipinski definition) is 9. The molecule has 2 heterocycles. The van der Waals surface area contributed by atoms with Gasteiger partial charge in [-0.05, 0) is 69.9 Å². The zero-order valence-electron chi connectivity index (χ0n) is 30.7. The molecular weight excluding hydrogens is 686 g/mol. The van der Waals surface area contributed by atoms with Crippen LogP contribution in [0.25, 0.3) is 0 Å². The Bertz CT molecular complexity index is 1590. The molecule has 16 nitrogen and oxygen atoms in total. The molecule has 0 unspecified atom stereocenters. The summed E-state index contributed by atoms with van der Waals surface area (Å²) in [5.74, 6) is -3.23. The summed E-state index contributed by atoms with van der Waals surface area (Å²) in [6, 6.07) is 11.7. The first-order valence-electron chi connectivity index (χ1n) is 17.7. The van der Waals surface area contributed by atoms with Crippen molar-refractivity contribution in [3.63, 3.8) is 0 Å². The van der Waals surface area contributed by atoms with E-state index in [2.05, 4.69) is 16.0 Å². The molecule has 2 aromatic carbocycles. The molecule has 16 heteroatoms. The maximum atomic E-state index is 13.7. The largest absolute Gasteiger partial charge is 0.484 e. The maximum absolute atomic E-state index is 13.7. The van der Waals surface area contributed by atoms with Crippen LogP contribution in [0.2, 0.25) is 0 Å². The fourth-order valence-electron chi connectivity index (χ4n) is 6.13. The number of hydrogen-bond donors (Lipinski definition) is 5. The van der Waals surface area contributed by atoms with Gasteiger partial charge in [-0.1, -0.05) is 30.3 Å². The van der Waals surface area contributed by atoms with Crippen molar-refractivity contribution < 1.29 is 43.3 Å². The lowest BCUT2D eigenvalue weighted by Crippen LogP contribution is -2.59. The molecule has 0 aromatic heterocycles. The minimum atomic E-state index is -1.76. The van der Waals surface area contributed by atoms with Crippen LogP contribution in [0, 0.1) is 0 Å². The topological polar surface area (TPSA) is 213 Å². The van der Waals surface area contributed by atoms with E-state index in [1.165, 1.54) is 9.80 Å². The van der Waals surface area contributed by atoms with Crippen molar-refractivity contribution in [1.82, 2.24) is 25.8 Å². The maximum Gasteiger partial charge on any atom is 0.324 e. The van der Waals surface area contributed by atoms with E-state index in [1.54, 1.807) is 66.5 Å². The SMILES string of the molecule is CN(C(=O)N1CCOCC1)c1ccc(OCC(=O)N[C@@H](CC(N)=O)C(=O)N[C@@H](Cc2ccccc2)[C@H](O)C(=O)N2CCC[C@H]2C(=O)NC(C)(C)C)cc1. The Morgan fingerprint density at radius 2 is 1.64 bits per heavy atom. The fraction of sp³-hybridized carbons (Fsp3) is 0.514. The highest BCUT2D eigenvalue weighted by atomic mass is 16.5. The van der Waals surface area contributed by atoms with Gasteiger partial charge in [0, 0.05) is 37.9 Å². The van der Waals surface area contributed by atoms with Gasteiger partial charge in [-0.3, -0.25) is 28.9 Å². The quantitative estimate of drug-likeness (QED) is 0.180. The zero-order chi connectivity index (χ0) is 38.7. The molecule has 0 radical (unpaired) electrons. The Morgan fingerprint density at radius 1 is 0.981 bits per heavy atom. The Balaban J connectivity index is 1.40. The second kappa shape index (κ2) is 18.5. The number of nitrogens with zero attached hydrogens (tertiary/aromatic N) is 3. The number of anilines is 1. The first-order chi connectivity index (χ1) is 25.1. The van der Waals surface area contributed by atoms with Crippen LogP contribution in [0.15, 0.2) is 54.6 Å². The minimum absolute atomic E-state index is 0.0236. The Labute approximate surface area is 309 Å². The lowest BCUT2D eigenvalue weighted by atomic mass is 9.99. The summed E-state index contributed by atoms with van der Waals surface area (Å²) in [5, 5.41) is 19.4. The van der Waals surface area contributed by atoms with Crippen molar-refractivity contribution in [2.24, 2.45) is 5.73 Å². The molecule has 2 fully saturated rings. The monoisotopic (exact) mass is 737 g/mol. The normalized spacial score (nSPS) is 17.6. The Morgan fingerprint density at radius 3 is 2.26 bits per heavy atom. The van der Waals surface area contributed by atoms with Crippen molar-refractivity contribution in [1.29, 1.82) is 0 Å². The average Bonchev–Trinajstić information content (AvgIpc) is 3.63. The average molecular weight is 738 g/mol. The fourth-order valence-corrected chi connectivity index (χ4v) is 6.13. The molecule has 6 N–H and O–H groups in total. The van der Waals surface area contributed by atoms with Crippen LogP contribution in [-0.4, -0.2) is 127 Å². The van der Waals surface area contributed by atoms with E-state index in [0.29, 0.717) is 56.1 Å². The summed E-state index contributed by atoms with van der Waals surface area (Å²) < 4.78 is 10.9. The predicted molar refractivity (Wildman–Crippen MR) is 195 cm³/mol. The molecule has 288 valence electrons. The number of ether oxygens (including phenoxy) is 2. The summed E-state index contributed by atoms with van der Waals surface area (Å²) in [4.78, 5) is 82.6. The summed E-state index contributed by atoms with van der Waals surface area (Å²) in [6.07, 6.45) is -1.34. The number of urea groups is 1. The third kappa shape index (κ3) is 11.9. The smallest absolute Gasteiger partial charge is 0.324 e. The number of amides is 7. The second-order valence-corrected chi connectivity index (χ2v) is 14.2. The van der Waals surface area contributed by atoms with Crippen LogP contribution in [0.5, 0.6) is 5.75 Å². The Kier molecular flexibility index (Phi) is 14.2. The molecule has 0 spiro atoms. The molecule has 4 atom stereocenters. The van der Waals surface area contributed by atoms with Crippen molar-refractivity contribution in [3.05, 3.63) is 60.2 Å². The number of likely N-dealkylation sites (tertiary alicyclic amines) is 1. The molecule has 7 amide bonds. The van der Waals surface area contributed by atoms with Crippen molar-refractivity contribution in [2.45, 2.75) is 76.2 Å². The van der Waals surface area contributed by atoms with E-state index < -0.39 is 66.4 Å². The first kappa shape index (κ1) is 40.5. The molecule has 2 aliphatic heterocycles. The van der Waals surface area contributed by atoms with Crippen LogP contribution >= 0.6 is 0 Å². The van der Waals surface area contributed by atoms with Gasteiger partial charge in [0.15, 0.2) is 12.7 Å². The number of carbonyl (C=O) groups is 6. The standard InChI is InChI=1S/C37H51N7O9/c1-37(2,3)41-34(49)29-11-8-16-44(29)35(50)32(47)27(21-24-9-6-5-7-10-24)40-33(48)28(22-30(38)45)39-31(46)23-53-26-14-12-25(13-15-26)42(4)36(51)43-17-19-52-20-18-43/h5-7,9-10,12-15,27-29,32,47H,8,11,16-23H2,1-4H3,(H2,38,45)(H,39,46)(H,40,48)(H,41,49)/t27-,28-,29-,32-/m0/s1. The van der Waals surface area contributed by atoms with E-state index in [9.17, 15) is 33.9 Å². The molecular formula is C37H51N7O9. The van der Waals surface area contributed by atoms with Gasteiger partial charge in [0.25, 0.3) is 11.8 Å². The van der Waals surface area contributed by atoms with Gasteiger partial charge in [0.05, 0.1) is 25.7 Å². The molecule has 0 aliphatic carbocycles. The highest BCUT2D eigenvalue weighted by Crippen LogP contribution is 2.22. The number of primary amides is 1. The molecule has 53 heavy (non-hydrogen) atoms. The number of morpholine rings is 1. The summed E-state index contributed by atoms with van der Waals surface area (Å²) in [5.41, 5.74) is 6.19. The highest BCUT2D eigenvalue weighted by molar-refractivity contribution is 5.94. The van der Waals surface area contributed by atoms with Crippen LogP contribution in [0.1, 0.15) is 45.6 Å². The van der Waals surface area contributed by atoms with Crippen molar-refractivity contribution in [2.75, 3.05) is 51.4 Å². The number of benzene rings is 2. The third-order valence-electron chi connectivity index (χ3n) is 8.82. The number of nitrogens with two attached hydrogens (primary N) is 1. The molecule has 2 aliphatic rings. The lowest BCUT2D eigenvalue weighted by molar-refractivity contribution is -0.147. The van der Waals surface area contributed by atoms with E-state index >= 15 is 0 Å². The molecule has 4 rings (SSSR count). The molecule has 0 saturated carbocycles. The molecule has 2 saturated heterocycles. The van der Waals surface area contributed by atoms with E-state index in [-0.39, 0.29) is 24.9 Å². The van der Waals surface area contributed by atoms with Gasteiger partial charge in [0.2, 0.25) is 17.7 Å². The minimum Gasteiger partial charge on any atom is -0.484 e. The van der Waals surface area contributed by atoms with Crippen molar-refractivity contribution >= 4 is 41.3 Å². The number of rotatable bonds is 14. The summed E-state index contributed by atoms with van der Waals surface area (Å²) >= 11 is 0. The zero-order valence-corrected chi connectivity index (χ0v) is 30.7. The molecule has 2 aromatic rings. The highest BCUT2D eigenvalue weighted by Gasteiger charge is 2.41. The van der Waals surface area contributed by atoms with E-state index in [4.69, 9.17) is 15.2 Å². The van der Waals surface area contributed by atoms with Gasteiger partial charge in [0.1, 0.15) is 17.8 Å². The van der Waals surface area contributed by atoms with Crippen LogP contribution in [0.3, 0.4) is 0 Å². The number of aliphatic hydroxyl groups excluding tert-OH is 1. The first-order valence-corrected chi connectivity index (χ1v) is 17.7. The van der Waals surface area contributed by atoms with Gasteiger partial charge >= 0.3 is 6.03 Å². The lowest BCUT2D eigenvalue weighted by Gasteiger charge is -2.32. The third-order valence-corrected chi connectivity index (χ3v) is 8.82. The number of nitrogens with one attached hydrogen (secondary N) is 3. The van der Waals surface area contributed by atoms with Gasteiger partial charge in [-0.2, -0.15) is 0 Å². The van der Waals surface area contributed by atoms with Crippen LogP contribution in [-0.2, 0) is 35.1 Å². The van der Waals surface area contributed by atoms with Crippen LogP contribution < -0.4 is 31.3 Å². The van der Waals surface area contributed by atoms with Gasteiger partial charge in [-0.15, -0.1) is 0 Å². The Hall–Kier alpha value is -5.22. The second-order valence-electron chi connectivity index (χ2n) is 14.2. The van der Waals surface area contributed by atoms with E-state index in [0.717, 1.165) is 0 Å². The van der Waals surface area contributed by atoms with Gasteiger partial charge in [-0.25, -0.2) is 4.79 Å². The van der Waals surface area contributed by atoms with Crippen molar-refractivity contribution in [3.8, 4) is 5.75 Å². The van der Waals surface area contributed by atoms with E-state index in [1.807, 2.05) is 20.8 Å². The number of carbonyl (C=O) groups excluding carboxylic acids is 6. The van der Waals surface area contributed by atoms with Gasteiger partial charge < -0.3 is 46.1 Å². The van der Waals surface area contributed by atoms with Crippen LogP contribution in [0.4, 0.5) is 10.5 Å². The molecule has 0 bridgehead atoms. The summed E-state index contributed by atoms with van der Waals surface area (Å²) in [7, 11) is 1.65.